The van der Waals surface area contributed by atoms with Gasteiger partial charge in [0.1, 0.15) is 24.4 Å². The zero-order valence-corrected chi connectivity index (χ0v) is 8.35. The van der Waals surface area contributed by atoms with Gasteiger partial charge in [0.2, 0.25) is 5.24 Å². The van der Waals surface area contributed by atoms with Crippen molar-refractivity contribution in [2.45, 2.75) is 24.4 Å². The summed E-state index contributed by atoms with van der Waals surface area (Å²) in [6.45, 7) is -0.717. The molecule has 0 spiro atoms. The fourth-order valence-corrected chi connectivity index (χ4v) is 1.19. The van der Waals surface area contributed by atoms with Gasteiger partial charge in [0.25, 0.3) is 0 Å². The van der Waals surface area contributed by atoms with E-state index in [1.54, 1.807) is 0 Å². The Morgan fingerprint density at radius 1 is 1.36 bits per heavy atom. The first-order valence-electron chi connectivity index (χ1n) is 3.97. The molecule has 0 heterocycles. The van der Waals surface area contributed by atoms with Crippen molar-refractivity contribution in [3.8, 4) is 0 Å². The van der Waals surface area contributed by atoms with Crippen LogP contribution < -0.4 is 5.32 Å². The van der Waals surface area contributed by atoms with Crippen molar-refractivity contribution in [2.75, 3.05) is 13.7 Å². The van der Waals surface area contributed by atoms with E-state index in [-0.39, 0.29) is 0 Å². The summed E-state index contributed by atoms with van der Waals surface area (Å²) in [5.74, 6) is 0. The summed E-state index contributed by atoms with van der Waals surface area (Å²) >= 11 is 5.11. The number of nitrogens with one attached hydrogen (secondary N) is 1. The van der Waals surface area contributed by atoms with Gasteiger partial charge in [0.15, 0.2) is 0 Å². The Morgan fingerprint density at radius 3 is 2.14 bits per heavy atom. The third-order valence-electron chi connectivity index (χ3n) is 1.83. The summed E-state index contributed by atoms with van der Waals surface area (Å²) in [6, 6.07) is -1.19. The molecule has 0 amide bonds. The zero-order chi connectivity index (χ0) is 11.3. The van der Waals surface area contributed by atoms with Crippen LogP contribution in [-0.4, -0.2) is 63.7 Å². The molecule has 4 atom stereocenters. The zero-order valence-electron chi connectivity index (χ0n) is 7.59. The van der Waals surface area contributed by atoms with E-state index in [0.717, 1.165) is 0 Å². The largest absolute Gasteiger partial charge is 0.394 e. The number of aliphatic hydroxyl groups excluding tert-OH is 4. The molecule has 0 rings (SSSR count). The lowest BCUT2D eigenvalue weighted by Crippen LogP contribution is -2.52. The van der Waals surface area contributed by atoms with Gasteiger partial charge in [-0.25, -0.2) is 0 Å². The van der Waals surface area contributed by atoms with Crippen LogP contribution >= 0.6 is 11.6 Å². The van der Waals surface area contributed by atoms with Gasteiger partial charge in [0.05, 0.1) is 6.61 Å². The highest BCUT2D eigenvalue weighted by molar-refractivity contribution is 6.64. The molecule has 0 aliphatic heterocycles. The normalized spacial score (nSPS) is 19.9. The van der Waals surface area contributed by atoms with Crippen LogP contribution in [0.1, 0.15) is 0 Å². The Balaban J connectivity index is 4.41. The summed E-state index contributed by atoms with van der Waals surface area (Å²) in [5, 5.41) is 37.5. The van der Waals surface area contributed by atoms with Crippen molar-refractivity contribution in [2.24, 2.45) is 0 Å². The summed E-state index contributed by atoms with van der Waals surface area (Å²) in [6.07, 6.45) is -4.73. The van der Waals surface area contributed by atoms with Crippen LogP contribution in [0, 0.1) is 0 Å². The highest BCUT2D eigenvalue weighted by Gasteiger charge is 2.33. The van der Waals surface area contributed by atoms with Gasteiger partial charge in [-0.1, -0.05) is 0 Å². The maximum Gasteiger partial charge on any atom is 0.241 e. The van der Waals surface area contributed by atoms with Gasteiger partial charge in [0, 0.05) is 0 Å². The van der Waals surface area contributed by atoms with Crippen LogP contribution in [0.3, 0.4) is 0 Å². The summed E-state index contributed by atoms with van der Waals surface area (Å²) < 4.78 is 0. The molecule has 0 aromatic carbocycles. The van der Waals surface area contributed by atoms with Crippen LogP contribution in [0.4, 0.5) is 0 Å². The number of hydrogen-bond acceptors (Lipinski definition) is 6. The Kier molecular flexibility index (Phi) is 6.17. The lowest BCUT2D eigenvalue weighted by atomic mass is 10.0. The second-order valence-electron chi connectivity index (χ2n) is 2.80. The number of rotatable bonds is 6. The molecule has 7 heteroatoms. The second kappa shape index (κ2) is 6.28. The third kappa shape index (κ3) is 3.49. The first-order chi connectivity index (χ1) is 6.45. The van der Waals surface area contributed by atoms with Crippen molar-refractivity contribution >= 4 is 16.8 Å². The van der Waals surface area contributed by atoms with Gasteiger partial charge in [-0.2, -0.15) is 0 Å². The number of aliphatic hydroxyl groups is 4. The minimum absolute atomic E-state index is 0.717. The van der Waals surface area contributed by atoms with E-state index in [1.807, 2.05) is 0 Å². The summed E-state index contributed by atoms with van der Waals surface area (Å²) in [4.78, 5) is 10.7. The predicted octanol–water partition coefficient (Wildman–Crippen LogP) is -2.59. The average Bonchev–Trinajstić information content (AvgIpc) is 2.15. The minimum Gasteiger partial charge on any atom is -0.394 e. The summed E-state index contributed by atoms with van der Waals surface area (Å²) in [7, 11) is 1.37. The Morgan fingerprint density at radius 2 is 1.86 bits per heavy atom. The van der Waals surface area contributed by atoms with E-state index < -0.39 is 36.2 Å². The topological polar surface area (TPSA) is 110 Å². The maximum atomic E-state index is 10.7. The Hall–Kier alpha value is -0.240. The van der Waals surface area contributed by atoms with Gasteiger partial charge in [-0.3, -0.25) is 4.79 Å². The molecule has 0 radical (unpaired) electrons. The fraction of sp³-hybridized carbons (Fsp3) is 0.857. The van der Waals surface area contributed by atoms with Crippen LogP contribution in [0.2, 0.25) is 0 Å². The Labute approximate surface area is 86.1 Å². The SMILES string of the molecule is CN[C@@H](C(=O)Cl)[C@@H](O)[C@H](O)C(O)CO. The number of carbonyl (C=O) groups is 1. The van der Waals surface area contributed by atoms with Crippen LogP contribution in [0.25, 0.3) is 0 Å². The van der Waals surface area contributed by atoms with Crippen molar-refractivity contribution in [3.63, 3.8) is 0 Å². The van der Waals surface area contributed by atoms with E-state index in [1.165, 1.54) is 7.05 Å². The molecule has 5 N–H and O–H groups in total. The van der Waals surface area contributed by atoms with Crippen molar-refractivity contribution < 1.29 is 25.2 Å². The van der Waals surface area contributed by atoms with Gasteiger partial charge >= 0.3 is 0 Å². The van der Waals surface area contributed by atoms with E-state index in [2.05, 4.69) is 5.32 Å². The monoisotopic (exact) mass is 227 g/mol. The molecular weight excluding hydrogens is 214 g/mol. The van der Waals surface area contributed by atoms with Crippen LogP contribution in [0.15, 0.2) is 0 Å². The highest BCUT2D eigenvalue weighted by Crippen LogP contribution is 2.07. The molecule has 0 aromatic rings. The highest BCUT2D eigenvalue weighted by atomic mass is 35.5. The molecule has 0 bridgehead atoms. The lowest BCUT2D eigenvalue weighted by molar-refractivity contribution is -0.123. The van der Waals surface area contributed by atoms with Crippen LogP contribution in [0.5, 0.6) is 0 Å². The van der Waals surface area contributed by atoms with E-state index in [0.29, 0.717) is 0 Å². The quantitative estimate of drug-likeness (QED) is 0.319. The molecule has 0 aliphatic carbocycles. The van der Waals surface area contributed by atoms with E-state index in [9.17, 15) is 15.0 Å². The van der Waals surface area contributed by atoms with E-state index >= 15 is 0 Å². The third-order valence-corrected chi connectivity index (χ3v) is 2.06. The number of halogens is 1. The second-order valence-corrected chi connectivity index (χ2v) is 3.17. The standard InChI is InChI=1S/C7H14ClNO5/c1-9-4(7(8)14)6(13)5(12)3(11)2-10/h3-6,9-13H,2H2,1H3/t3?,4-,5-,6-/m1/s1. The van der Waals surface area contributed by atoms with Crippen molar-refractivity contribution in [1.29, 1.82) is 0 Å². The van der Waals surface area contributed by atoms with Crippen LogP contribution in [-0.2, 0) is 4.79 Å². The van der Waals surface area contributed by atoms with Gasteiger partial charge in [-0.05, 0) is 18.6 Å². The molecule has 1 unspecified atom stereocenters. The molecular formula is C7H14ClNO5. The number of carbonyl (C=O) groups excluding carboxylic acids is 1. The molecule has 14 heavy (non-hydrogen) atoms. The van der Waals surface area contributed by atoms with Gasteiger partial charge in [-0.15, -0.1) is 0 Å². The first kappa shape index (κ1) is 13.8. The molecule has 0 aromatic heterocycles. The van der Waals surface area contributed by atoms with Gasteiger partial charge < -0.3 is 25.7 Å². The predicted molar refractivity (Wildman–Crippen MR) is 48.8 cm³/mol. The average molecular weight is 228 g/mol. The summed E-state index contributed by atoms with van der Waals surface area (Å²) in [5.41, 5.74) is 0. The smallest absolute Gasteiger partial charge is 0.241 e. The van der Waals surface area contributed by atoms with E-state index in [4.69, 9.17) is 21.8 Å². The molecule has 0 aliphatic rings. The Bertz CT molecular complexity index is 191. The number of likely N-dealkylation sites (N-methyl/N-ethyl adjacent to an activating group) is 1. The maximum absolute atomic E-state index is 10.7. The van der Waals surface area contributed by atoms with Crippen molar-refractivity contribution in [3.05, 3.63) is 0 Å². The minimum atomic E-state index is -1.64. The molecule has 0 saturated heterocycles. The molecule has 84 valence electrons. The van der Waals surface area contributed by atoms with Crippen molar-refractivity contribution in [1.82, 2.24) is 5.32 Å². The molecule has 0 fully saturated rings. The fourth-order valence-electron chi connectivity index (χ4n) is 0.951. The lowest BCUT2D eigenvalue weighted by Gasteiger charge is -2.26. The molecule has 0 saturated carbocycles. The molecule has 6 nitrogen and oxygen atoms in total. The first-order valence-corrected chi connectivity index (χ1v) is 4.35. The number of hydrogen-bond donors (Lipinski definition) is 5.